The van der Waals surface area contributed by atoms with E-state index < -0.39 is 10.8 Å². The number of benzene rings is 2. The maximum atomic E-state index is 12.6. The van der Waals surface area contributed by atoms with E-state index in [1.165, 1.54) is 17.8 Å². The standard InChI is InChI=1S/C20H25N3O3S/c1-4-22(5-2)14-16-9-7-6-8-15(16)13-21-20(24)18-12-17(27-3)10-11-19(18)23(25)26/h6-12H,4-5,13-14H2,1-3H3,(H,21,24). The molecule has 0 radical (unpaired) electrons. The predicted molar refractivity (Wildman–Crippen MR) is 109 cm³/mol. The lowest BCUT2D eigenvalue weighted by molar-refractivity contribution is -0.385. The number of hydrogen-bond donors (Lipinski definition) is 1. The molecule has 2 rings (SSSR count). The first kappa shape index (κ1) is 20.9. The Hall–Kier alpha value is -2.38. The van der Waals surface area contributed by atoms with Crippen LogP contribution in [0.25, 0.3) is 0 Å². The fourth-order valence-corrected chi connectivity index (χ4v) is 3.27. The molecule has 2 aromatic carbocycles. The van der Waals surface area contributed by atoms with Crippen LogP contribution < -0.4 is 5.32 Å². The van der Waals surface area contributed by atoms with Gasteiger partial charge in [0.25, 0.3) is 11.6 Å². The highest BCUT2D eigenvalue weighted by atomic mass is 32.2. The third kappa shape index (κ3) is 5.55. The van der Waals surface area contributed by atoms with Crippen molar-refractivity contribution >= 4 is 23.4 Å². The molecule has 7 heteroatoms. The van der Waals surface area contributed by atoms with Crippen molar-refractivity contribution in [3.05, 3.63) is 69.3 Å². The molecule has 0 aromatic heterocycles. The van der Waals surface area contributed by atoms with Gasteiger partial charge in [-0.3, -0.25) is 19.8 Å². The normalized spacial score (nSPS) is 10.8. The zero-order valence-electron chi connectivity index (χ0n) is 15.9. The van der Waals surface area contributed by atoms with E-state index in [9.17, 15) is 14.9 Å². The van der Waals surface area contributed by atoms with Gasteiger partial charge in [-0.25, -0.2) is 0 Å². The number of nitro benzene ring substituents is 1. The third-order valence-electron chi connectivity index (χ3n) is 4.49. The molecule has 0 saturated carbocycles. The minimum Gasteiger partial charge on any atom is -0.348 e. The van der Waals surface area contributed by atoms with Crippen LogP contribution in [0.5, 0.6) is 0 Å². The van der Waals surface area contributed by atoms with Gasteiger partial charge in [-0.15, -0.1) is 11.8 Å². The van der Waals surface area contributed by atoms with Crippen LogP contribution in [-0.2, 0) is 13.1 Å². The Bertz CT molecular complexity index is 807. The Labute approximate surface area is 164 Å². The van der Waals surface area contributed by atoms with Gasteiger partial charge in [-0.2, -0.15) is 0 Å². The summed E-state index contributed by atoms with van der Waals surface area (Å²) in [5.74, 6) is -0.435. The summed E-state index contributed by atoms with van der Waals surface area (Å²) in [5, 5.41) is 14.1. The highest BCUT2D eigenvalue weighted by Crippen LogP contribution is 2.25. The van der Waals surface area contributed by atoms with E-state index in [-0.39, 0.29) is 11.3 Å². The van der Waals surface area contributed by atoms with E-state index in [4.69, 9.17) is 0 Å². The Kier molecular flexibility index (Phi) is 7.82. The summed E-state index contributed by atoms with van der Waals surface area (Å²) in [6.07, 6.45) is 1.87. The Morgan fingerprint density at radius 2 is 1.81 bits per heavy atom. The van der Waals surface area contributed by atoms with Gasteiger partial charge in [0.05, 0.1) is 4.92 Å². The smallest absolute Gasteiger partial charge is 0.282 e. The monoisotopic (exact) mass is 387 g/mol. The number of nitro groups is 1. The average molecular weight is 388 g/mol. The van der Waals surface area contributed by atoms with Crippen LogP contribution in [0.1, 0.15) is 35.3 Å². The van der Waals surface area contributed by atoms with Gasteiger partial charge in [0.1, 0.15) is 5.56 Å². The van der Waals surface area contributed by atoms with Gasteiger partial charge < -0.3 is 5.32 Å². The molecule has 1 N–H and O–H groups in total. The number of nitrogens with zero attached hydrogens (tertiary/aromatic N) is 2. The first-order valence-electron chi connectivity index (χ1n) is 8.89. The molecule has 0 aliphatic rings. The summed E-state index contributed by atoms with van der Waals surface area (Å²) in [6, 6.07) is 12.6. The Morgan fingerprint density at radius 3 is 2.41 bits per heavy atom. The van der Waals surface area contributed by atoms with Gasteiger partial charge >= 0.3 is 0 Å². The first-order chi connectivity index (χ1) is 13.0. The second kappa shape index (κ2) is 10.1. The number of carbonyl (C=O) groups is 1. The molecular formula is C20H25N3O3S. The number of hydrogen-bond acceptors (Lipinski definition) is 5. The molecule has 0 bridgehead atoms. The van der Waals surface area contributed by atoms with Gasteiger partial charge in [0.15, 0.2) is 0 Å². The summed E-state index contributed by atoms with van der Waals surface area (Å²) in [4.78, 5) is 26.5. The number of amides is 1. The molecular weight excluding hydrogens is 362 g/mol. The molecule has 27 heavy (non-hydrogen) atoms. The van der Waals surface area contributed by atoms with Crippen molar-refractivity contribution in [2.75, 3.05) is 19.3 Å². The lowest BCUT2D eigenvalue weighted by atomic mass is 10.1. The topological polar surface area (TPSA) is 75.5 Å². The van der Waals surface area contributed by atoms with E-state index in [1.807, 2.05) is 24.5 Å². The highest BCUT2D eigenvalue weighted by molar-refractivity contribution is 7.98. The molecule has 144 valence electrons. The van der Waals surface area contributed by atoms with Gasteiger partial charge in [0, 0.05) is 24.1 Å². The fraction of sp³-hybridized carbons (Fsp3) is 0.350. The molecule has 2 aromatic rings. The minimum absolute atomic E-state index is 0.0908. The number of rotatable bonds is 9. The van der Waals surface area contributed by atoms with E-state index in [0.717, 1.165) is 35.7 Å². The largest absolute Gasteiger partial charge is 0.348 e. The predicted octanol–water partition coefficient (Wildman–Crippen LogP) is 4.09. The molecule has 0 fully saturated rings. The molecule has 0 saturated heterocycles. The number of carbonyl (C=O) groups excluding carboxylic acids is 1. The van der Waals surface area contributed by atoms with Gasteiger partial charge in [-0.05, 0) is 42.6 Å². The molecule has 0 spiro atoms. The van der Waals surface area contributed by atoms with Crippen molar-refractivity contribution < 1.29 is 9.72 Å². The first-order valence-corrected chi connectivity index (χ1v) is 10.1. The Morgan fingerprint density at radius 1 is 1.15 bits per heavy atom. The quantitative estimate of drug-likeness (QED) is 0.398. The van der Waals surface area contributed by atoms with Crippen molar-refractivity contribution in [1.82, 2.24) is 10.2 Å². The van der Waals surface area contributed by atoms with Gasteiger partial charge in [0.2, 0.25) is 0 Å². The van der Waals surface area contributed by atoms with Crippen molar-refractivity contribution in [3.8, 4) is 0 Å². The summed E-state index contributed by atoms with van der Waals surface area (Å²) in [6.45, 7) is 7.27. The molecule has 0 atom stereocenters. The van der Waals surface area contributed by atoms with Crippen LogP contribution in [0.4, 0.5) is 5.69 Å². The number of thioether (sulfide) groups is 1. The third-order valence-corrected chi connectivity index (χ3v) is 5.22. The number of nitrogens with one attached hydrogen (secondary N) is 1. The maximum absolute atomic E-state index is 12.6. The van der Waals surface area contributed by atoms with Crippen LogP contribution in [0.15, 0.2) is 47.4 Å². The highest BCUT2D eigenvalue weighted by Gasteiger charge is 2.20. The van der Waals surface area contributed by atoms with E-state index >= 15 is 0 Å². The summed E-state index contributed by atoms with van der Waals surface area (Å²) in [5.41, 5.74) is 2.07. The zero-order chi connectivity index (χ0) is 19.8. The summed E-state index contributed by atoms with van der Waals surface area (Å²) >= 11 is 1.44. The summed E-state index contributed by atoms with van der Waals surface area (Å²) in [7, 11) is 0. The Balaban J connectivity index is 2.18. The fourth-order valence-electron chi connectivity index (χ4n) is 2.83. The molecule has 0 aliphatic heterocycles. The van der Waals surface area contributed by atoms with E-state index in [0.29, 0.717) is 6.54 Å². The second-order valence-electron chi connectivity index (χ2n) is 6.05. The summed E-state index contributed by atoms with van der Waals surface area (Å²) < 4.78 is 0. The molecule has 0 heterocycles. The van der Waals surface area contributed by atoms with E-state index in [2.05, 4.69) is 30.1 Å². The lowest BCUT2D eigenvalue weighted by Crippen LogP contribution is -2.26. The molecule has 6 nitrogen and oxygen atoms in total. The van der Waals surface area contributed by atoms with Crippen molar-refractivity contribution in [1.29, 1.82) is 0 Å². The van der Waals surface area contributed by atoms with Crippen molar-refractivity contribution in [2.45, 2.75) is 31.8 Å². The minimum atomic E-state index is -0.520. The van der Waals surface area contributed by atoms with E-state index in [1.54, 1.807) is 12.1 Å². The van der Waals surface area contributed by atoms with Gasteiger partial charge in [-0.1, -0.05) is 38.1 Å². The zero-order valence-corrected chi connectivity index (χ0v) is 16.7. The maximum Gasteiger partial charge on any atom is 0.282 e. The molecule has 0 aliphatic carbocycles. The lowest BCUT2D eigenvalue weighted by Gasteiger charge is -2.20. The van der Waals surface area contributed by atoms with Crippen LogP contribution in [-0.4, -0.2) is 35.1 Å². The van der Waals surface area contributed by atoms with Crippen molar-refractivity contribution in [3.63, 3.8) is 0 Å². The SMILES string of the molecule is CCN(CC)Cc1ccccc1CNC(=O)c1cc(SC)ccc1[N+](=O)[O-]. The van der Waals surface area contributed by atoms with Crippen molar-refractivity contribution in [2.24, 2.45) is 0 Å². The van der Waals surface area contributed by atoms with Crippen LogP contribution in [0.3, 0.4) is 0 Å². The second-order valence-corrected chi connectivity index (χ2v) is 6.93. The van der Waals surface area contributed by atoms with Crippen LogP contribution >= 0.6 is 11.8 Å². The average Bonchev–Trinajstić information content (AvgIpc) is 2.70. The van der Waals surface area contributed by atoms with Crippen LogP contribution in [0, 0.1) is 10.1 Å². The van der Waals surface area contributed by atoms with Crippen LogP contribution in [0.2, 0.25) is 0 Å². The molecule has 1 amide bonds. The molecule has 0 unspecified atom stereocenters.